The number of pyridine rings is 1. The molecule has 2 aromatic rings. The van der Waals surface area contributed by atoms with Gasteiger partial charge in [0, 0.05) is 18.2 Å². The van der Waals surface area contributed by atoms with Crippen molar-refractivity contribution in [2.45, 2.75) is 39.7 Å². The first kappa shape index (κ1) is 14.9. The minimum Gasteiger partial charge on any atom is -0.339 e. The van der Waals surface area contributed by atoms with Crippen LogP contribution in [0.2, 0.25) is 0 Å². The van der Waals surface area contributed by atoms with Crippen molar-refractivity contribution in [1.82, 2.24) is 14.7 Å². The highest BCUT2D eigenvalue weighted by atomic mass is 16.6. The van der Waals surface area contributed by atoms with E-state index in [1.165, 1.54) is 16.7 Å². The number of nitrogens with zero attached hydrogens (tertiary/aromatic N) is 4. The standard InChI is InChI=1S/C13H16N4O4/c1-3-4-5-12-14-11(15-21-12)8-16-9(2)6-7-10(13(16)18)17(19)20/h6-7H,3-5,8H2,1-2H3. The van der Waals surface area contributed by atoms with Crippen LogP contribution in [0.5, 0.6) is 0 Å². The summed E-state index contributed by atoms with van der Waals surface area (Å²) in [5.41, 5.74) is -0.527. The predicted octanol–water partition coefficient (Wildman–Crippen LogP) is 1.84. The first-order valence-electron chi connectivity index (χ1n) is 6.69. The zero-order chi connectivity index (χ0) is 15.4. The van der Waals surface area contributed by atoms with E-state index in [2.05, 4.69) is 17.1 Å². The summed E-state index contributed by atoms with van der Waals surface area (Å²) in [5, 5.41) is 14.6. The van der Waals surface area contributed by atoms with Crippen molar-refractivity contribution >= 4 is 5.69 Å². The molecule has 0 saturated heterocycles. The molecule has 2 rings (SSSR count). The zero-order valence-corrected chi connectivity index (χ0v) is 11.9. The van der Waals surface area contributed by atoms with E-state index in [0.29, 0.717) is 23.8 Å². The lowest BCUT2D eigenvalue weighted by Gasteiger charge is -2.06. The van der Waals surface area contributed by atoms with Crippen LogP contribution in [0.15, 0.2) is 21.5 Å². The summed E-state index contributed by atoms with van der Waals surface area (Å²) in [4.78, 5) is 26.4. The second kappa shape index (κ2) is 6.29. The third kappa shape index (κ3) is 3.33. The van der Waals surface area contributed by atoms with E-state index >= 15 is 0 Å². The smallest absolute Gasteiger partial charge is 0.334 e. The topological polar surface area (TPSA) is 104 Å². The van der Waals surface area contributed by atoms with Crippen LogP contribution >= 0.6 is 0 Å². The SMILES string of the molecule is CCCCc1nc(Cn2c(C)ccc([N+](=O)[O-])c2=O)no1. The monoisotopic (exact) mass is 292 g/mol. The summed E-state index contributed by atoms with van der Waals surface area (Å²) < 4.78 is 6.36. The van der Waals surface area contributed by atoms with Crippen LogP contribution < -0.4 is 5.56 Å². The Hall–Kier alpha value is -2.51. The van der Waals surface area contributed by atoms with Gasteiger partial charge in [-0.05, 0) is 19.4 Å². The van der Waals surface area contributed by atoms with Crippen molar-refractivity contribution in [3.05, 3.63) is 50.0 Å². The van der Waals surface area contributed by atoms with Crippen molar-refractivity contribution in [3.63, 3.8) is 0 Å². The van der Waals surface area contributed by atoms with Crippen LogP contribution in [0.1, 0.15) is 37.2 Å². The van der Waals surface area contributed by atoms with Gasteiger partial charge in [0.25, 0.3) is 0 Å². The summed E-state index contributed by atoms with van der Waals surface area (Å²) in [6.07, 6.45) is 2.64. The highest BCUT2D eigenvalue weighted by Gasteiger charge is 2.17. The van der Waals surface area contributed by atoms with Crippen LogP contribution in [-0.2, 0) is 13.0 Å². The first-order chi connectivity index (χ1) is 10.0. The molecule has 0 atom stereocenters. The maximum atomic E-state index is 12.0. The van der Waals surface area contributed by atoms with Crippen molar-refractivity contribution < 1.29 is 9.45 Å². The van der Waals surface area contributed by atoms with E-state index in [1.54, 1.807) is 6.92 Å². The second-order valence-corrected chi connectivity index (χ2v) is 4.72. The number of aryl methyl sites for hydroxylation is 2. The average molecular weight is 292 g/mol. The van der Waals surface area contributed by atoms with Gasteiger partial charge in [-0.1, -0.05) is 18.5 Å². The lowest BCUT2D eigenvalue weighted by atomic mass is 10.2. The van der Waals surface area contributed by atoms with Crippen molar-refractivity contribution in [2.24, 2.45) is 0 Å². The molecule has 0 amide bonds. The van der Waals surface area contributed by atoms with Gasteiger partial charge < -0.3 is 4.52 Å². The minimum absolute atomic E-state index is 0.0575. The summed E-state index contributed by atoms with van der Waals surface area (Å²) in [7, 11) is 0. The average Bonchev–Trinajstić information content (AvgIpc) is 2.88. The third-order valence-electron chi connectivity index (χ3n) is 3.12. The molecule has 0 bridgehead atoms. The Morgan fingerprint density at radius 1 is 1.43 bits per heavy atom. The molecule has 0 unspecified atom stereocenters. The van der Waals surface area contributed by atoms with E-state index in [-0.39, 0.29) is 6.54 Å². The van der Waals surface area contributed by atoms with Crippen LogP contribution in [0.4, 0.5) is 5.69 Å². The normalized spacial score (nSPS) is 10.8. The summed E-state index contributed by atoms with van der Waals surface area (Å²) in [6.45, 7) is 3.81. The lowest BCUT2D eigenvalue weighted by Crippen LogP contribution is -2.25. The number of aromatic nitrogens is 3. The fourth-order valence-corrected chi connectivity index (χ4v) is 1.92. The number of hydrogen-bond acceptors (Lipinski definition) is 6. The molecule has 112 valence electrons. The van der Waals surface area contributed by atoms with Gasteiger partial charge in [0.05, 0.1) is 11.5 Å². The first-order valence-corrected chi connectivity index (χ1v) is 6.69. The maximum Gasteiger partial charge on any atom is 0.334 e. The molecule has 0 spiro atoms. The molecule has 0 N–H and O–H groups in total. The summed E-state index contributed by atoms with van der Waals surface area (Å²) in [5.74, 6) is 0.856. The van der Waals surface area contributed by atoms with E-state index in [4.69, 9.17) is 4.52 Å². The van der Waals surface area contributed by atoms with Gasteiger partial charge in [-0.2, -0.15) is 4.98 Å². The molecule has 0 saturated carbocycles. The summed E-state index contributed by atoms with van der Waals surface area (Å²) in [6, 6.07) is 2.73. The van der Waals surface area contributed by atoms with Gasteiger partial charge in [-0.25, -0.2) is 0 Å². The van der Waals surface area contributed by atoms with E-state index in [9.17, 15) is 14.9 Å². The lowest BCUT2D eigenvalue weighted by molar-refractivity contribution is -0.386. The van der Waals surface area contributed by atoms with Crippen molar-refractivity contribution in [2.75, 3.05) is 0 Å². The molecule has 8 nitrogen and oxygen atoms in total. The maximum absolute atomic E-state index is 12.0. The van der Waals surface area contributed by atoms with Gasteiger partial charge in [0.15, 0.2) is 5.82 Å². The molecule has 0 aliphatic rings. The predicted molar refractivity (Wildman–Crippen MR) is 74.1 cm³/mol. The Morgan fingerprint density at radius 2 is 2.19 bits per heavy atom. The van der Waals surface area contributed by atoms with Gasteiger partial charge in [-0.15, -0.1) is 0 Å². The molecule has 0 aromatic carbocycles. The molecular formula is C13H16N4O4. The highest BCUT2D eigenvalue weighted by Crippen LogP contribution is 2.08. The van der Waals surface area contributed by atoms with Crippen molar-refractivity contribution in [3.8, 4) is 0 Å². The molecule has 2 heterocycles. The molecule has 21 heavy (non-hydrogen) atoms. The van der Waals surface area contributed by atoms with E-state index in [0.717, 1.165) is 12.8 Å². The molecule has 0 aliphatic heterocycles. The molecule has 0 fully saturated rings. The van der Waals surface area contributed by atoms with Gasteiger partial charge in [0.1, 0.15) is 0 Å². The molecule has 8 heteroatoms. The number of hydrogen-bond donors (Lipinski definition) is 0. The minimum atomic E-state index is -0.693. The van der Waals surface area contributed by atoms with E-state index in [1.807, 2.05) is 0 Å². The second-order valence-electron chi connectivity index (χ2n) is 4.72. The highest BCUT2D eigenvalue weighted by molar-refractivity contribution is 5.28. The summed E-state index contributed by atoms with van der Waals surface area (Å²) >= 11 is 0. The largest absolute Gasteiger partial charge is 0.339 e. The van der Waals surface area contributed by atoms with Gasteiger partial charge in [0.2, 0.25) is 5.89 Å². The number of rotatable bonds is 6. The van der Waals surface area contributed by atoms with Gasteiger partial charge >= 0.3 is 11.2 Å². The van der Waals surface area contributed by atoms with Gasteiger partial charge in [-0.3, -0.25) is 19.5 Å². The Bertz CT molecular complexity index is 704. The van der Waals surface area contributed by atoms with Crippen LogP contribution in [0, 0.1) is 17.0 Å². The van der Waals surface area contributed by atoms with Crippen LogP contribution in [-0.4, -0.2) is 19.6 Å². The van der Waals surface area contributed by atoms with Crippen LogP contribution in [0.3, 0.4) is 0 Å². The number of nitro groups is 1. The molecule has 0 radical (unpaired) electrons. The zero-order valence-electron chi connectivity index (χ0n) is 11.9. The fraction of sp³-hybridized carbons (Fsp3) is 0.462. The quantitative estimate of drug-likeness (QED) is 0.594. The Kier molecular flexibility index (Phi) is 4.46. The Morgan fingerprint density at radius 3 is 2.86 bits per heavy atom. The molecule has 0 aliphatic carbocycles. The van der Waals surface area contributed by atoms with Crippen molar-refractivity contribution in [1.29, 1.82) is 0 Å². The third-order valence-corrected chi connectivity index (χ3v) is 3.12. The van der Waals surface area contributed by atoms with Crippen LogP contribution in [0.25, 0.3) is 0 Å². The Labute approximate surface area is 120 Å². The molecule has 2 aromatic heterocycles. The molecular weight excluding hydrogens is 276 g/mol. The number of unbranched alkanes of at least 4 members (excludes halogenated alkanes) is 1. The fourth-order valence-electron chi connectivity index (χ4n) is 1.92. The Balaban J connectivity index is 2.27. The van der Waals surface area contributed by atoms with E-state index < -0.39 is 16.2 Å².